The maximum absolute atomic E-state index is 12.4. The van der Waals surface area contributed by atoms with Gasteiger partial charge in [-0.25, -0.2) is 4.79 Å². The smallest absolute Gasteiger partial charge is 0.350 e. The maximum atomic E-state index is 12.4. The number of hydrogen-bond donors (Lipinski definition) is 0. The third-order valence-corrected chi connectivity index (χ3v) is 28.8. The van der Waals surface area contributed by atoms with Crippen molar-refractivity contribution in [3.63, 3.8) is 0 Å². The Morgan fingerprint density at radius 1 is 0.402 bits per heavy atom. The summed E-state index contributed by atoms with van der Waals surface area (Å²) in [4.78, 5) is 152. The molecule has 17 rings (SSSR count). The van der Waals surface area contributed by atoms with Gasteiger partial charge in [0.15, 0.2) is 36.5 Å². The van der Waals surface area contributed by atoms with Crippen molar-refractivity contribution >= 4 is 77.6 Å². The highest BCUT2D eigenvalue weighted by Gasteiger charge is 2.71. The minimum absolute atomic E-state index is 0.0378. The lowest BCUT2D eigenvalue weighted by molar-refractivity contribution is -0.221. The Morgan fingerprint density at radius 3 is 1.41 bits per heavy atom. The zero-order valence-corrected chi connectivity index (χ0v) is 77.2. The van der Waals surface area contributed by atoms with Gasteiger partial charge in [-0.1, -0.05) is 54.4 Å². The van der Waals surface area contributed by atoms with E-state index in [2.05, 4.69) is 14.2 Å². The van der Waals surface area contributed by atoms with Crippen LogP contribution in [0.2, 0.25) is 0 Å². The van der Waals surface area contributed by atoms with Gasteiger partial charge in [-0.05, 0) is 212 Å². The predicted molar refractivity (Wildman–Crippen MR) is 434 cm³/mol. The van der Waals surface area contributed by atoms with Gasteiger partial charge in [0.05, 0.1) is 109 Å². The van der Waals surface area contributed by atoms with E-state index in [0.29, 0.717) is 68.8 Å². The van der Waals surface area contributed by atoms with Crippen LogP contribution < -0.4 is 0 Å². The molecule has 11 saturated heterocycles. The van der Waals surface area contributed by atoms with Crippen molar-refractivity contribution < 1.29 is 148 Å². The summed E-state index contributed by atoms with van der Waals surface area (Å²) >= 11 is 0. The summed E-state index contributed by atoms with van der Waals surface area (Å²) in [6, 6.07) is 0. The van der Waals surface area contributed by atoms with Gasteiger partial charge in [-0.2, -0.15) is 0 Å². The SMILES string of the molecule is CCC(C)(C)C(=O)OC.CCC(C)(C)C(=O)OC.CCC(C)(C)C(=O)OC1C(=O)OC2C3OC(C)(C)OC3OC12.CCC(C)(C)C(=O)OC1C2CC3C(=O)OC1C3O2.CCC(C)(C)C(=O)OC1C2CC3C1OC(=O)C3C2C(=O)OC.CCC(C)(C)C(=O)OC1CC2CCC1(C)OC2=O.COC.O=C1OCC2C3CCC(C3)C12.O=C1OCC2CCCCC12. The van der Waals surface area contributed by atoms with Crippen LogP contribution in [0.25, 0.3) is 0 Å². The van der Waals surface area contributed by atoms with Crippen LogP contribution in [0, 0.1) is 104 Å². The summed E-state index contributed by atoms with van der Waals surface area (Å²) in [6.07, 6.45) is 10.7. The predicted octanol–water partition coefficient (Wildman–Crippen LogP) is 12.0. The molecule has 17 aliphatic rings. The molecule has 0 aromatic rings. The lowest BCUT2D eigenvalue weighted by Crippen LogP contribution is -2.57. The van der Waals surface area contributed by atoms with Crippen LogP contribution in [0.15, 0.2) is 0 Å². The molecular weight excluding hydrogens is 1590 g/mol. The second-order valence-electron chi connectivity index (χ2n) is 39.8. The van der Waals surface area contributed by atoms with Crippen molar-refractivity contribution in [3.8, 4) is 0 Å². The number of rotatable bonds is 17. The minimum atomic E-state index is -1.07. The zero-order chi connectivity index (χ0) is 91.2. The van der Waals surface area contributed by atoms with Crippen molar-refractivity contribution in [2.24, 2.45) is 104 Å². The monoisotopic (exact) mass is 1730 g/mol. The fourth-order valence-electron chi connectivity index (χ4n) is 18.2. The summed E-state index contributed by atoms with van der Waals surface area (Å²) in [5, 5.41) is 0. The fourth-order valence-corrected chi connectivity index (χ4v) is 18.2. The largest absolute Gasteiger partial charge is 0.469 e. The minimum Gasteiger partial charge on any atom is -0.469 e. The average molecular weight is 1730 g/mol. The topological polar surface area (TPSA) is 388 Å². The van der Waals surface area contributed by atoms with Gasteiger partial charge < -0.3 is 85.3 Å². The van der Waals surface area contributed by atoms with E-state index in [4.69, 9.17) is 71.1 Å². The molecular formula is C91H142O31. The summed E-state index contributed by atoms with van der Waals surface area (Å²) < 4.78 is 94.5. The summed E-state index contributed by atoms with van der Waals surface area (Å²) in [5.74, 6) is -1.94. The number of fused-ring (bicyclic) bond motifs is 14. The van der Waals surface area contributed by atoms with Gasteiger partial charge in [-0.3, -0.25) is 57.5 Å². The van der Waals surface area contributed by atoms with Crippen LogP contribution in [0.4, 0.5) is 0 Å². The third kappa shape index (κ3) is 21.9. The van der Waals surface area contributed by atoms with Gasteiger partial charge in [0.2, 0.25) is 6.10 Å². The molecule has 0 aromatic heterocycles. The third-order valence-electron chi connectivity index (χ3n) is 28.8. The van der Waals surface area contributed by atoms with Crippen LogP contribution in [0.3, 0.4) is 0 Å². The lowest BCUT2D eigenvalue weighted by atomic mass is 9.74. The van der Waals surface area contributed by atoms with Crippen molar-refractivity contribution in [1.29, 1.82) is 0 Å². The first kappa shape index (κ1) is 100. The zero-order valence-electron chi connectivity index (χ0n) is 77.2. The molecule has 25 unspecified atom stereocenters. The molecule has 8 bridgehead atoms. The average Bonchev–Trinajstić information content (AvgIpc) is 1.56. The molecule has 6 aliphatic carbocycles. The number of hydrogen-bond acceptors (Lipinski definition) is 31. The molecule has 0 spiro atoms. The summed E-state index contributed by atoms with van der Waals surface area (Å²) in [7, 11) is 7.40. The molecule has 11 heterocycles. The Bertz CT molecular complexity index is 3680. The van der Waals surface area contributed by atoms with Crippen molar-refractivity contribution in [3.05, 3.63) is 0 Å². The van der Waals surface area contributed by atoms with Crippen LogP contribution in [-0.2, 0) is 148 Å². The van der Waals surface area contributed by atoms with Gasteiger partial charge in [0.1, 0.15) is 36.1 Å². The second kappa shape index (κ2) is 40.3. The van der Waals surface area contributed by atoms with Crippen molar-refractivity contribution in [1.82, 2.24) is 0 Å². The molecule has 31 nitrogen and oxygen atoms in total. The Hall–Kier alpha value is -7.09. The number of carbonyl (C=O) groups excluding carboxylic acids is 13. The maximum Gasteiger partial charge on any atom is 0.350 e. The number of methoxy groups -OCH3 is 4. The van der Waals surface area contributed by atoms with E-state index in [1.54, 1.807) is 41.9 Å². The number of cyclic esters (lactones) is 2. The quantitative estimate of drug-likeness (QED) is 0.0964. The van der Waals surface area contributed by atoms with Crippen LogP contribution >= 0.6 is 0 Å². The first-order valence-corrected chi connectivity index (χ1v) is 44.3. The van der Waals surface area contributed by atoms with Gasteiger partial charge >= 0.3 is 77.6 Å². The highest BCUT2D eigenvalue weighted by molar-refractivity contribution is 5.87. The van der Waals surface area contributed by atoms with Gasteiger partial charge in [0, 0.05) is 44.3 Å². The van der Waals surface area contributed by atoms with E-state index >= 15 is 0 Å². The molecule has 31 heteroatoms. The van der Waals surface area contributed by atoms with Crippen LogP contribution in [-0.4, -0.2) is 211 Å². The molecule has 0 N–H and O–H groups in total. The highest BCUT2D eigenvalue weighted by atomic mass is 16.9. The molecule has 0 aromatic carbocycles. The van der Waals surface area contributed by atoms with Crippen LogP contribution in [0.5, 0.6) is 0 Å². The number of carbonyl (C=O) groups is 13. The molecule has 17 fully saturated rings. The van der Waals surface area contributed by atoms with Gasteiger partial charge in [-0.15, -0.1) is 0 Å². The van der Waals surface area contributed by atoms with Crippen molar-refractivity contribution in [2.45, 2.75) is 346 Å². The molecule has 122 heavy (non-hydrogen) atoms. The van der Waals surface area contributed by atoms with E-state index in [1.807, 2.05) is 118 Å². The summed E-state index contributed by atoms with van der Waals surface area (Å²) in [5.41, 5.74) is -3.48. The van der Waals surface area contributed by atoms with Gasteiger partial charge in [0.25, 0.3) is 0 Å². The molecule has 6 saturated carbocycles. The van der Waals surface area contributed by atoms with Crippen molar-refractivity contribution in [2.75, 3.05) is 48.8 Å². The Labute approximate surface area is 720 Å². The number of ether oxygens (including phenoxy) is 18. The fraction of sp³-hybridized carbons (Fsp3) is 0.857. The lowest BCUT2D eigenvalue weighted by Gasteiger charge is -2.48. The molecule has 25 atom stereocenters. The normalized spacial score (nSPS) is 35.1. The van der Waals surface area contributed by atoms with E-state index in [1.165, 1.54) is 59.9 Å². The summed E-state index contributed by atoms with van der Waals surface area (Å²) in [6.45, 7) is 40.6. The molecule has 0 radical (unpaired) electrons. The van der Waals surface area contributed by atoms with E-state index in [0.717, 1.165) is 51.0 Å². The standard InChI is InChI=1S/C16H22O6.C15H22O7.C14H22O4.C13H18O5.C9H12O2.C8H12O2.2C7H14O2.C2H6O/c1-5-16(2,3)15(19)22-12-7-6-8-10(9(7)13(17)20-4)14(18)21-11(8)12;1-6-14(2,3)13(17)20-9-7-8(18-11(9)16)10-12(19-7)22-15(4,5)21-10;1-5-13(2,3)12(16)17-10-8-9-6-7-14(10,4)18-11(9)15;1-4-13(2,3)12(15)18-9-7-5-6-8(16-7)10(9)17-11(6)14;10-9-8-6-2-1-5(3-6)7(8)4-11-9;9-8-7-4-2-1-3-6(7)5-10-8;2*1-5-7(2,3)6(8)9-4;1-3-2/h7-12H,5-6H2,1-4H3;7-10,12H,6H2,1-5H3;9-10H,5-8H2,1-4H3;6-10H,4-5H2,1-3H3;5-8H,1-4H2;6-7H,1-5H2;2*5H2,1-4H3;1-2H3. The first-order valence-electron chi connectivity index (χ1n) is 44.3. The highest BCUT2D eigenvalue weighted by Crippen LogP contribution is 2.60. The van der Waals surface area contributed by atoms with Crippen LogP contribution in [0.1, 0.15) is 261 Å². The number of esters is 13. The molecule has 692 valence electrons. The molecule has 0 amide bonds. The second-order valence-corrected chi connectivity index (χ2v) is 39.8. The van der Waals surface area contributed by atoms with E-state index in [-0.39, 0.29) is 118 Å². The Morgan fingerprint density at radius 2 is 0.902 bits per heavy atom. The molecule has 11 aliphatic heterocycles. The Balaban J connectivity index is 0.000000176. The Kier molecular flexibility index (Phi) is 33.1. The first-order chi connectivity index (χ1) is 56.9. The van der Waals surface area contributed by atoms with E-state index < -0.39 is 118 Å². The van der Waals surface area contributed by atoms with E-state index in [9.17, 15) is 62.3 Å².